The number of imidazole rings is 1. The average Bonchev–Trinajstić information content (AvgIpc) is 2.81. The van der Waals surface area contributed by atoms with Crippen molar-refractivity contribution < 1.29 is 17.9 Å². The third kappa shape index (κ3) is 2.62. The molecule has 4 nitrogen and oxygen atoms in total. The smallest absolute Gasteiger partial charge is 0.406 e. The van der Waals surface area contributed by atoms with Crippen LogP contribution in [0.15, 0.2) is 30.5 Å². The summed E-state index contributed by atoms with van der Waals surface area (Å²) in [6.07, 6.45) is -3.01. The van der Waals surface area contributed by atoms with Gasteiger partial charge in [-0.05, 0) is 12.1 Å². The van der Waals surface area contributed by atoms with Gasteiger partial charge < -0.3 is 14.6 Å². The molecule has 0 fully saturated rings. The molecule has 2 aromatic rings. The second kappa shape index (κ2) is 4.82. The predicted molar refractivity (Wildman–Crippen MR) is 66.1 cm³/mol. The highest BCUT2D eigenvalue weighted by Crippen LogP contribution is 2.28. The van der Waals surface area contributed by atoms with E-state index in [1.165, 1.54) is 18.2 Å². The van der Waals surface area contributed by atoms with Crippen LogP contribution in [0.25, 0.3) is 11.3 Å². The zero-order chi connectivity index (χ0) is 14.2. The molecule has 0 radical (unpaired) electrons. The molecule has 0 aliphatic carbocycles. The lowest BCUT2D eigenvalue weighted by atomic mass is 10.1. The Morgan fingerprint density at radius 3 is 2.95 bits per heavy atom. The van der Waals surface area contributed by atoms with Gasteiger partial charge in [-0.3, -0.25) is 0 Å². The Hall–Kier alpha value is -2.02. The molecule has 1 aromatic carbocycles. The van der Waals surface area contributed by atoms with E-state index < -0.39 is 6.36 Å². The van der Waals surface area contributed by atoms with Crippen molar-refractivity contribution in [2.24, 2.45) is 0 Å². The maximum absolute atomic E-state index is 12.2. The van der Waals surface area contributed by atoms with Crippen LogP contribution in [0.1, 0.15) is 5.82 Å². The van der Waals surface area contributed by atoms with Crippen LogP contribution in [0.5, 0.6) is 5.75 Å². The fourth-order valence-electron chi connectivity index (χ4n) is 2.28. The number of benzene rings is 1. The molecular formula is C13H12F3N3O. The van der Waals surface area contributed by atoms with Gasteiger partial charge in [0.15, 0.2) is 0 Å². The third-order valence-electron chi connectivity index (χ3n) is 3.10. The molecular weight excluding hydrogens is 271 g/mol. The molecule has 0 amide bonds. The lowest BCUT2D eigenvalue weighted by Gasteiger charge is -2.18. The topological polar surface area (TPSA) is 39.1 Å². The Bertz CT molecular complexity index is 622. The van der Waals surface area contributed by atoms with E-state index in [4.69, 9.17) is 0 Å². The summed E-state index contributed by atoms with van der Waals surface area (Å²) in [6, 6.07) is 5.94. The van der Waals surface area contributed by atoms with Crippen LogP contribution < -0.4 is 10.1 Å². The summed E-state index contributed by atoms with van der Waals surface area (Å²) in [5.41, 5.74) is 1.46. The van der Waals surface area contributed by atoms with E-state index in [1.54, 1.807) is 12.3 Å². The van der Waals surface area contributed by atoms with Gasteiger partial charge in [0.2, 0.25) is 0 Å². The summed E-state index contributed by atoms with van der Waals surface area (Å²) in [5, 5.41) is 3.19. The number of ether oxygens (including phenoxy) is 1. The molecule has 0 unspecified atom stereocenters. The number of rotatable bonds is 2. The molecule has 1 aliphatic rings. The van der Waals surface area contributed by atoms with Gasteiger partial charge in [0.25, 0.3) is 0 Å². The van der Waals surface area contributed by atoms with Crippen LogP contribution in [0.3, 0.4) is 0 Å². The first kappa shape index (κ1) is 13.0. The monoisotopic (exact) mass is 283 g/mol. The van der Waals surface area contributed by atoms with Gasteiger partial charge >= 0.3 is 6.36 Å². The molecule has 0 bridgehead atoms. The summed E-state index contributed by atoms with van der Waals surface area (Å²) >= 11 is 0. The second-order valence-electron chi connectivity index (χ2n) is 4.46. The maximum Gasteiger partial charge on any atom is 0.573 e. The van der Waals surface area contributed by atoms with Crippen molar-refractivity contribution in [2.75, 3.05) is 6.54 Å². The van der Waals surface area contributed by atoms with Gasteiger partial charge in [-0.25, -0.2) is 4.98 Å². The van der Waals surface area contributed by atoms with Crippen molar-refractivity contribution in [3.63, 3.8) is 0 Å². The number of fused-ring (bicyclic) bond motifs is 1. The minimum Gasteiger partial charge on any atom is -0.406 e. The highest BCUT2D eigenvalue weighted by molar-refractivity contribution is 5.61. The SMILES string of the molecule is FC(F)(F)Oc1cccc(-c2cnc3n2CCNC3)c1. The summed E-state index contributed by atoms with van der Waals surface area (Å²) in [7, 11) is 0. The van der Waals surface area contributed by atoms with Gasteiger partial charge in [-0.1, -0.05) is 12.1 Å². The van der Waals surface area contributed by atoms with E-state index in [0.29, 0.717) is 12.1 Å². The standard InChI is InChI=1S/C13H12F3N3O/c14-13(15,16)20-10-3-1-2-9(6-10)11-7-18-12-8-17-4-5-19(11)12/h1-3,6-7,17H,4-5,8H2. The first-order valence-electron chi connectivity index (χ1n) is 6.14. The van der Waals surface area contributed by atoms with Crippen LogP contribution in [-0.4, -0.2) is 22.5 Å². The Kier molecular flexibility index (Phi) is 3.13. The minimum atomic E-state index is -4.68. The van der Waals surface area contributed by atoms with Gasteiger partial charge in [0.1, 0.15) is 11.6 Å². The normalized spacial score (nSPS) is 14.9. The van der Waals surface area contributed by atoms with Crippen molar-refractivity contribution in [2.45, 2.75) is 19.5 Å². The third-order valence-corrected chi connectivity index (χ3v) is 3.10. The summed E-state index contributed by atoms with van der Waals surface area (Å²) in [4.78, 5) is 4.27. The van der Waals surface area contributed by atoms with Crippen molar-refractivity contribution in [1.29, 1.82) is 0 Å². The molecule has 0 atom stereocenters. The quantitative estimate of drug-likeness (QED) is 0.920. The first-order valence-corrected chi connectivity index (χ1v) is 6.14. The molecule has 20 heavy (non-hydrogen) atoms. The summed E-state index contributed by atoms with van der Waals surface area (Å²) < 4.78 is 42.7. The van der Waals surface area contributed by atoms with Crippen molar-refractivity contribution in [1.82, 2.24) is 14.9 Å². The molecule has 1 aromatic heterocycles. The molecule has 0 saturated heterocycles. The number of alkyl halides is 3. The van der Waals surface area contributed by atoms with E-state index in [1.807, 2.05) is 4.57 Å². The zero-order valence-electron chi connectivity index (χ0n) is 10.4. The Morgan fingerprint density at radius 1 is 1.30 bits per heavy atom. The predicted octanol–water partition coefficient (Wildman–Crippen LogP) is 2.55. The van der Waals surface area contributed by atoms with E-state index in [9.17, 15) is 13.2 Å². The lowest BCUT2D eigenvalue weighted by molar-refractivity contribution is -0.274. The van der Waals surface area contributed by atoms with E-state index in [0.717, 1.165) is 24.6 Å². The van der Waals surface area contributed by atoms with E-state index in [-0.39, 0.29) is 5.75 Å². The van der Waals surface area contributed by atoms with Gasteiger partial charge in [0, 0.05) is 18.7 Å². The maximum atomic E-state index is 12.2. The number of aromatic nitrogens is 2. The molecule has 7 heteroatoms. The second-order valence-corrected chi connectivity index (χ2v) is 4.46. The number of hydrogen-bond acceptors (Lipinski definition) is 3. The number of nitrogens with zero attached hydrogens (tertiary/aromatic N) is 2. The van der Waals surface area contributed by atoms with Gasteiger partial charge in [-0.15, -0.1) is 13.2 Å². The Morgan fingerprint density at radius 2 is 2.15 bits per heavy atom. The van der Waals surface area contributed by atoms with Crippen molar-refractivity contribution in [3.05, 3.63) is 36.3 Å². The Labute approximate surface area is 113 Å². The first-order chi connectivity index (χ1) is 9.53. The number of hydrogen-bond donors (Lipinski definition) is 1. The van der Waals surface area contributed by atoms with Gasteiger partial charge in [0.05, 0.1) is 18.4 Å². The molecule has 3 rings (SSSR count). The Balaban J connectivity index is 1.94. The van der Waals surface area contributed by atoms with Crippen LogP contribution in [-0.2, 0) is 13.1 Å². The molecule has 2 heterocycles. The lowest BCUT2D eigenvalue weighted by Crippen LogP contribution is -2.28. The van der Waals surface area contributed by atoms with Gasteiger partial charge in [-0.2, -0.15) is 0 Å². The average molecular weight is 283 g/mol. The van der Waals surface area contributed by atoms with E-state index >= 15 is 0 Å². The molecule has 106 valence electrons. The van der Waals surface area contributed by atoms with Crippen molar-refractivity contribution >= 4 is 0 Å². The number of nitrogens with one attached hydrogen (secondary N) is 1. The highest BCUT2D eigenvalue weighted by atomic mass is 19.4. The zero-order valence-corrected chi connectivity index (χ0v) is 10.4. The fourth-order valence-corrected chi connectivity index (χ4v) is 2.28. The van der Waals surface area contributed by atoms with E-state index in [2.05, 4.69) is 15.0 Å². The summed E-state index contributed by atoms with van der Waals surface area (Å²) in [6.45, 7) is 2.23. The summed E-state index contributed by atoms with van der Waals surface area (Å²) in [5.74, 6) is 0.660. The van der Waals surface area contributed by atoms with Crippen LogP contribution in [0, 0.1) is 0 Å². The van der Waals surface area contributed by atoms with Crippen LogP contribution in [0.4, 0.5) is 13.2 Å². The minimum absolute atomic E-state index is 0.223. The largest absolute Gasteiger partial charge is 0.573 e. The molecule has 0 saturated carbocycles. The van der Waals surface area contributed by atoms with Crippen LogP contribution in [0.2, 0.25) is 0 Å². The number of halogens is 3. The molecule has 1 aliphatic heterocycles. The highest BCUT2D eigenvalue weighted by Gasteiger charge is 2.31. The molecule has 1 N–H and O–H groups in total. The van der Waals surface area contributed by atoms with Crippen molar-refractivity contribution in [3.8, 4) is 17.0 Å². The molecule has 0 spiro atoms. The van der Waals surface area contributed by atoms with Crippen LogP contribution >= 0.6 is 0 Å². The fraction of sp³-hybridized carbons (Fsp3) is 0.308.